The number of halogens is 2. The quantitative estimate of drug-likeness (QED) is 0.537. The topological polar surface area (TPSA) is 59.7 Å². The van der Waals surface area contributed by atoms with Crippen LogP contribution >= 0.6 is 0 Å². The molecule has 0 saturated heterocycles. The largest absolute Gasteiger partial charge is 0.325 e. The van der Waals surface area contributed by atoms with Gasteiger partial charge in [-0.05, 0) is 28.5 Å². The first kappa shape index (κ1) is 17.3. The molecule has 0 amide bonds. The van der Waals surface area contributed by atoms with Crippen LogP contribution in [0.2, 0.25) is 0 Å². The molecule has 0 bridgehead atoms. The Morgan fingerprint density at radius 1 is 0.815 bits per heavy atom. The molecule has 1 heterocycles. The lowest BCUT2D eigenvalue weighted by molar-refractivity contribution is 0.590. The number of hydrogen-bond acceptors (Lipinski definition) is 2. The Balaban J connectivity index is 2.19. The fraction of sp³-hybridized carbons (Fsp3) is 0.182. The highest BCUT2D eigenvalue weighted by molar-refractivity contribution is 6.30. The summed E-state index contributed by atoms with van der Waals surface area (Å²) in [5.74, 6) is -1.19. The molecule has 136 valence electrons. The van der Waals surface area contributed by atoms with Crippen LogP contribution in [0.15, 0.2) is 42.5 Å². The van der Waals surface area contributed by atoms with E-state index in [1.807, 2.05) is 26.8 Å². The summed E-state index contributed by atoms with van der Waals surface area (Å²) >= 11 is 0. The van der Waals surface area contributed by atoms with Gasteiger partial charge in [-0.25, -0.2) is 8.78 Å². The molecule has 0 spiro atoms. The molecule has 4 rings (SSSR count). The van der Waals surface area contributed by atoms with Crippen molar-refractivity contribution in [2.45, 2.75) is 26.2 Å². The minimum Gasteiger partial charge on any atom is -0.325 e. The molecule has 3 N–H and O–H groups in total. The molecule has 0 aromatic heterocycles. The fourth-order valence-electron chi connectivity index (χ4n) is 3.59. The first-order valence-electron chi connectivity index (χ1n) is 8.69. The maximum Gasteiger partial charge on any atom is 0.139 e. The monoisotopic (exact) mass is 363 g/mol. The highest BCUT2D eigenvalue weighted by Crippen LogP contribution is 2.40. The van der Waals surface area contributed by atoms with E-state index in [0.29, 0.717) is 16.3 Å². The van der Waals surface area contributed by atoms with E-state index < -0.39 is 11.6 Å². The molecule has 0 fully saturated rings. The molecule has 0 atom stereocenters. The number of amidine groups is 2. The molecule has 0 saturated carbocycles. The molecule has 3 aromatic carbocycles. The molecule has 0 radical (unpaired) electrons. The van der Waals surface area contributed by atoms with Crippen LogP contribution in [0.1, 0.15) is 37.5 Å². The summed E-state index contributed by atoms with van der Waals surface area (Å²) in [6, 6.07) is 11.4. The van der Waals surface area contributed by atoms with E-state index in [9.17, 15) is 4.39 Å². The van der Waals surface area contributed by atoms with Crippen LogP contribution in [0, 0.1) is 22.5 Å². The van der Waals surface area contributed by atoms with Crippen LogP contribution < -0.4 is 5.32 Å². The third-order valence-electron chi connectivity index (χ3n) is 5.00. The zero-order chi connectivity index (χ0) is 19.5. The van der Waals surface area contributed by atoms with E-state index in [2.05, 4.69) is 5.32 Å². The van der Waals surface area contributed by atoms with Crippen LogP contribution in [0.4, 0.5) is 8.78 Å². The summed E-state index contributed by atoms with van der Waals surface area (Å²) in [5.41, 5.74) is 1.56. The number of nitrogens with one attached hydrogen (secondary N) is 3. The molecule has 1 aliphatic heterocycles. The maximum atomic E-state index is 15.7. The summed E-state index contributed by atoms with van der Waals surface area (Å²) in [6.45, 7) is 6.11. The Hall–Kier alpha value is -3.08. The predicted molar refractivity (Wildman–Crippen MR) is 105 cm³/mol. The Labute approximate surface area is 156 Å². The first-order chi connectivity index (χ1) is 12.7. The van der Waals surface area contributed by atoms with E-state index in [-0.39, 0.29) is 33.8 Å². The van der Waals surface area contributed by atoms with Crippen molar-refractivity contribution in [2.75, 3.05) is 0 Å². The molecule has 0 aliphatic carbocycles. The van der Waals surface area contributed by atoms with Crippen molar-refractivity contribution in [3.05, 3.63) is 70.8 Å². The van der Waals surface area contributed by atoms with Crippen LogP contribution in [0.25, 0.3) is 21.9 Å². The molecule has 0 unspecified atom stereocenters. The van der Waals surface area contributed by atoms with Crippen LogP contribution in [-0.4, -0.2) is 11.7 Å². The van der Waals surface area contributed by atoms with E-state index in [4.69, 9.17) is 10.8 Å². The summed E-state index contributed by atoms with van der Waals surface area (Å²) in [5, 5.41) is 20.0. The summed E-state index contributed by atoms with van der Waals surface area (Å²) < 4.78 is 30.2. The SMILES string of the molecule is CC(C)(C)c1ccc2c3c(c(-c4ccccc4F)c(F)c2c1)C(=N)NC3=N. The lowest BCUT2D eigenvalue weighted by Crippen LogP contribution is -2.20. The minimum atomic E-state index is -0.568. The standard InChI is InChI=1S/C22H19F2N3/c1-22(2,3)11-8-9-12-14(10-11)19(24)16(13-6-4-5-7-15(13)23)18-17(12)20(25)27-21(18)26/h4-10H,1-3H3,(H3,25,26,27). The van der Waals surface area contributed by atoms with Gasteiger partial charge in [0.15, 0.2) is 0 Å². The number of fused-ring (bicyclic) bond motifs is 3. The van der Waals surface area contributed by atoms with Gasteiger partial charge in [-0.15, -0.1) is 0 Å². The summed E-state index contributed by atoms with van der Waals surface area (Å²) in [4.78, 5) is 0. The Bertz CT molecular complexity index is 1140. The van der Waals surface area contributed by atoms with Crippen molar-refractivity contribution in [3.8, 4) is 11.1 Å². The van der Waals surface area contributed by atoms with Gasteiger partial charge in [-0.1, -0.05) is 51.1 Å². The van der Waals surface area contributed by atoms with Crippen molar-refractivity contribution in [2.24, 2.45) is 0 Å². The van der Waals surface area contributed by atoms with Gasteiger partial charge in [0.2, 0.25) is 0 Å². The van der Waals surface area contributed by atoms with Crippen molar-refractivity contribution in [3.63, 3.8) is 0 Å². The normalized spacial score (nSPS) is 13.8. The van der Waals surface area contributed by atoms with Crippen molar-refractivity contribution in [1.82, 2.24) is 5.32 Å². The first-order valence-corrected chi connectivity index (χ1v) is 8.69. The van der Waals surface area contributed by atoms with Gasteiger partial charge in [0.05, 0.1) is 0 Å². The third kappa shape index (κ3) is 2.53. The third-order valence-corrected chi connectivity index (χ3v) is 5.00. The molecule has 5 heteroatoms. The second kappa shape index (κ2) is 5.71. The van der Waals surface area contributed by atoms with Crippen LogP contribution in [0.3, 0.4) is 0 Å². The van der Waals surface area contributed by atoms with Gasteiger partial charge in [0.25, 0.3) is 0 Å². The summed E-state index contributed by atoms with van der Waals surface area (Å²) in [7, 11) is 0. The second-order valence-corrected chi connectivity index (χ2v) is 7.80. The van der Waals surface area contributed by atoms with Crippen molar-refractivity contribution < 1.29 is 8.78 Å². The fourth-order valence-corrected chi connectivity index (χ4v) is 3.59. The molecule has 3 nitrogen and oxygen atoms in total. The molecule has 3 aromatic rings. The van der Waals surface area contributed by atoms with Gasteiger partial charge in [-0.2, -0.15) is 0 Å². The lowest BCUT2D eigenvalue weighted by atomic mass is 9.83. The highest BCUT2D eigenvalue weighted by Gasteiger charge is 2.32. The molecule has 1 aliphatic rings. The second-order valence-electron chi connectivity index (χ2n) is 7.80. The van der Waals surface area contributed by atoms with Crippen LogP contribution in [0.5, 0.6) is 0 Å². The number of benzene rings is 3. The Morgan fingerprint density at radius 3 is 2.15 bits per heavy atom. The van der Waals surface area contributed by atoms with E-state index in [1.54, 1.807) is 24.3 Å². The van der Waals surface area contributed by atoms with Crippen molar-refractivity contribution >= 4 is 22.4 Å². The van der Waals surface area contributed by atoms with Gasteiger partial charge in [0.1, 0.15) is 23.3 Å². The number of hydrogen-bond donors (Lipinski definition) is 3. The zero-order valence-electron chi connectivity index (χ0n) is 15.3. The molecule has 27 heavy (non-hydrogen) atoms. The average Bonchev–Trinajstić information content (AvgIpc) is 2.90. The predicted octanol–water partition coefficient (Wildman–Crippen LogP) is 5.34. The van der Waals surface area contributed by atoms with Gasteiger partial charge >= 0.3 is 0 Å². The number of rotatable bonds is 1. The average molecular weight is 363 g/mol. The van der Waals surface area contributed by atoms with E-state index in [0.717, 1.165) is 5.56 Å². The van der Waals surface area contributed by atoms with Gasteiger partial charge < -0.3 is 5.32 Å². The highest BCUT2D eigenvalue weighted by atomic mass is 19.1. The Kier molecular flexibility index (Phi) is 3.67. The Morgan fingerprint density at radius 2 is 1.48 bits per heavy atom. The van der Waals surface area contributed by atoms with Crippen LogP contribution in [-0.2, 0) is 5.41 Å². The maximum absolute atomic E-state index is 15.7. The smallest absolute Gasteiger partial charge is 0.139 e. The molecular weight excluding hydrogens is 344 g/mol. The van der Waals surface area contributed by atoms with Gasteiger partial charge in [0, 0.05) is 27.6 Å². The molecular formula is C22H19F2N3. The minimum absolute atomic E-state index is 0.0288. The zero-order valence-corrected chi connectivity index (χ0v) is 15.3. The van der Waals surface area contributed by atoms with Crippen molar-refractivity contribution in [1.29, 1.82) is 10.8 Å². The lowest BCUT2D eigenvalue weighted by Gasteiger charge is -2.21. The van der Waals surface area contributed by atoms with E-state index in [1.165, 1.54) is 12.1 Å². The van der Waals surface area contributed by atoms with E-state index >= 15 is 4.39 Å². The van der Waals surface area contributed by atoms with Gasteiger partial charge in [-0.3, -0.25) is 10.8 Å². The summed E-state index contributed by atoms with van der Waals surface area (Å²) in [6.07, 6.45) is 0.